The number of thiazole rings is 1. The van der Waals surface area contributed by atoms with Gasteiger partial charge in [0.2, 0.25) is 0 Å². The van der Waals surface area contributed by atoms with E-state index in [0.717, 1.165) is 31.2 Å². The highest BCUT2D eigenvalue weighted by Gasteiger charge is 2.28. The zero-order valence-corrected chi connectivity index (χ0v) is 13.1. The lowest BCUT2D eigenvalue weighted by molar-refractivity contribution is 0.182. The SMILES string of the molecule is COCCNC(C)(CCC(C)C)c1nc(C)cs1. The zero-order valence-electron chi connectivity index (χ0n) is 12.2. The molecule has 0 fully saturated rings. The number of aryl methyl sites for hydroxylation is 1. The molecule has 1 heterocycles. The van der Waals surface area contributed by atoms with Crippen molar-refractivity contribution < 1.29 is 4.74 Å². The van der Waals surface area contributed by atoms with Gasteiger partial charge in [-0.15, -0.1) is 11.3 Å². The summed E-state index contributed by atoms with van der Waals surface area (Å²) in [5, 5.41) is 6.92. The Hall–Kier alpha value is -0.450. The van der Waals surface area contributed by atoms with Gasteiger partial charge in [0.25, 0.3) is 0 Å². The fourth-order valence-corrected chi connectivity index (χ4v) is 2.85. The summed E-state index contributed by atoms with van der Waals surface area (Å²) >= 11 is 1.75. The summed E-state index contributed by atoms with van der Waals surface area (Å²) in [6.07, 6.45) is 2.32. The molecule has 0 amide bonds. The van der Waals surface area contributed by atoms with Crippen LogP contribution in [0.15, 0.2) is 5.38 Å². The van der Waals surface area contributed by atoms with Gasteiger partial charge < -0.3 is 10.1 Å². The molecule has 0 aliphatic heterocycles. The predicted molar refractivity (Wildman–Crippen MR) is 78.2 cm³/mol. The van der Waals surface area contributed by atoms with Gasteiger partial charge in [-0.3, -0.25) is 0 Å². The molecule has 4 heteroatoms. The fraction of sp³-hybridized carbons (Fsp3) is 0.786. The summed E-state index contributed by atoms with van der Waals surface area (Å²) in [6, 6.07) is 0. The molecule has 0 aliphatic rings. The van der Waals surface area contributed by atoms with Gasteiger partial charge >= 0.3 is 0 Å². The van der Waals surface area contributed by atoms with Crippen LogP contribution in [0.25, 0.3) is 0 Å². The lowest BCUT2D eigenvalue weighted by atomic mass is 9.92. The molecule has 3 nitrogen and oxygen atoms in total. The van der Waals surface area contributed by atoms with E-state index in [9.17, 15) is 0 Å². The first-order chi connectivity index (χ1) is 8.48. The lowest BCUT2D eigenvalue weighted by Crippen LogP contribution is -2.41. The molecule has 1 rings (SSSR count). The number of methoxy groups -OCH3 is 1. The van der Waals surface area contributed by atoms with Gasteiger partial charge in [-0.2, -0.15) is 0 Å². The molecule has 1 N–H and O–H groups in total. The Labute approximate surface area is 115 Å². The van der Waals surface area contributed by atoms with Crippen LogP contribution in [0.2, 0.25) is 0 Å². The van der Waals surface area contributed by atoms with Gasteiger partial charge in [-0.05, 0) is 32.6 Å². The van der Waals surface area contributed by atoms with Gasteiger partial charge in [-0.1, -0.05) is 13.8 Å². The molecule has 0 saturated heterocycles. The number of nitrogens with zero attached hydrogens (tertiary/aromatic N) is 1. The maximum Gasteiger partial charge on any atom is 0.113 e. The van der Waals surface area contributed by atoms with Crippen LogP contribution in [0.1, 0.15) is 44.3 Å². The number of nitrogens with one attached hydrogen (secondary N) is 1. The van der Waals surface area contributed by atoms with E-state index in [2.05, 4.69) is 43.4 Å². The van der Waals surface area contributed by atoms with Crippen molar-refractivity contribution in [2.24, 2.45) is 5.92 Å². The zero-order chi connectivity index (χ0) is 13.6. The second-order valence-electron chi connectivity index (χ2n) is 5.48. The highest BCUT2D eigenvalue weighted by atomic mass is 32.1. The predicted octanol–water partition coefficient (Wildman–Crippen LogP) is 3.34. The Bertz CT molecular complexity index is 351. The Kier molecular flexibility index (Phi) is 6.26. The molecule has 18 heavy (non-hydrogen) atoms. The summed E-state index contributed by atoms with van der Waals surface area (Å²) in [5.74, 6) is 0.717. The van der Waals surface area contributed by atoms with Crippen molar-refractivity contribution in [3.05, 3.63) is 16.1 Å². The lowest BCUT2D eigenvalue weighted by Gasteiger charge is -2.29. The third-order valence-corrected chi connectivity index (χ3v) is 4.36. The van der Waals surface area contributed by atoms with Gasteiger partial charge in [0, 0.05) is 24.7 Å². The van der Waals surface area contributed by atoms with Crippen LogP contribution in [-0.4, -0.2) is 25.2 Å². The molecule has 1 aromatic heterocycles. The first-order valence-electron chi connectivity index (χ1n) is 6.64. The van der Waals surface area contributed by atoms with E-state index in [1.807, 2.05) is 0 Å². The van der Waals surface area contributed by atoms with Crippen LogP contribution in [-0.2, 0) is 10.3 Å². The average molecular weight is 270 g/mol. The molecule has 1 aromatic rings. The molecule has 0 saturated carbocycles. The first kappa shape index (κ1) is 15.6. The Morgan fingerprint density at radius 3 is 2.72 bits per heavy atom. The van der Waals surface area contributed by atoms with Crippen molar-refractivity contribution >= 4 is 11.3 Å². The van der Waals surface area contributed by atoms with Crippen molar-refractivity contribution in [2.75, 3.05) is 20.3 Å². The van der Waals surface area contributed by atoms with E-state index >= 15 is 0 Å². The number of aromatic nitrogens is 1. The van der Waals surface area contributed by atoms with Gasteiger partial charge in [0.05, 0.1) is 12.1 Å². The molecule has 0 aliphatic carbocycles. The van der Waals surface area contributed by atoms with Crippen molar-refractivity contribution in [3.63, 3.8) is 0 Å². The van der Waals surface area contributed by atoms with Gasteiger partial charge in [0.1, 0.15) is 5.01 Å². The standard InChI is InChI=1S/C14H26N2OS/c1-11(2)6-7-14(4,15-8-9-17-5)13-16-12(3)10-18-13/h10-11,15H,6-9H2,1-5H3. The number of hydrogen-bond acceptors (Lipinski definition) is 4. The van der Waals surface area contributed by atoms with E-state index in [-0.39, 0.29) is 5.54 Å². The molecule has 1 atom stereocenters. The van der Waals surface area contributed by atoms with E-state index in [1.165, 1.54) is 11.4 Å². The molecule has 0 bridgehead atoms. The van der Waals surface area contributed by atoms with Crippen molar-refractivity contribution in [3.8, 4) is 0 Å². The Morgan fingerprint density at radius 2 is 2.22 bits per heavy atom. The van der Waals surface area contributed by atoms with Crippen LogP contribution < -0.4 is 5.32 Å². The molecule has 104 valence electrons. The monoisotopic (exact) mass is 270 g/mol. The van der Waals surface area contributed by atoms with E-state index in [4.69, 9.17) is 4.74 Å². The van der Waals surface area contributed by atoms with Gasteiger partial charge in [0.15, 0.2) is 0 Å². The van der Waals surface area contributed by atoms with E-state index < -0.39 is 0 Å². The van der Waals surface area contributed by atoms with Crippen LogP contribution in [0.5, 0.6) is 0 Å². The molecular weight excluding hydrogens is 244 g/mol. The molecule has 0 spiro atoms. The largest absolute Gasteiger partial charge is 0.383 e. The Morgan fingerprint density at radius 1 is 1.50 bits per heavy atom. The van der Waals surface area contributed by atoms with Crippen molar-refractivity contribution in [1.29, 1.82) is 0 Å². The van der Waals surface area contributed by atoms with Crippen LogP contribution >= 0.6 is 11.3 Å². The smallest absolute Gasteiger partial charge is 0.113 e. The quantitative estimate of drug-likeness (QED) is 0.736. The number of rotatable bonds is 8. The van der Waals surface area contributed by atoms with Crippen molar-refractivity contribution in [2.45, 2.75) is 46.1 Å². The topological polar surface area (TPSA) is 34.1 Å². The Balaban J connectivity index is 2.72. The number of ether oxygens (including phenoxy) is 1. The summed E-state index contributed by atoms with van der Waals surface area (Å²) in [4.78, 5) is 4.65. The maximum atomic E-state index is 5.12. The third-order valence-electron chi connectivity index (χ3n) is 3.13. The molecule has 1 unspecified atom stereocenters. The van der Waals surface area contributed by atoms with Crippen molar-refractivity contribution in [1.82, 2.24) is 10.3 Å². The fourth-order valence-electron chi connectivity index (χ4n) is 1.88. The maximum absolute atomic E-state index is 5.12. The summed E-state index contributed by atoms with van der Waals surface area (Å²) < 4.78 is 5.12. The van der Waals surface area contributed by atoms with Crippen LogP contribution in [0.3, 0.4) is 0 Å². The molecule has 0 radical (unpaired) electrons. The molecular formula is C14H26N2OS. The number of hydrogen-bond donors (Lipinski definition) is 1. The highest BCUT2D eigenvalue weighted by Crippen LogP contribution is 2.30. The minimum Gasteiger partial charge on any atom is -0.383 e. The third kappa shape index (κ3) is 4.67. The minimum atomic E-state index is -0.0261. The summed E-state index contributed by atoms with van der Waals surface area (Å²) in [5.41, 5.74) is 1.08. The first-order valence-corrected chi connectivity index (χ1v) is 7.52. The van der Waals surface area contributed by atoms with Crippen LogP contribution in [0, 0.1) is 12.8 Å². The second-order valence-corrected chi connectivity index (χ2v) is 6.34. The van der Waals surface area contributed by atoms with Crippen LogP contribution in [0.4, 0.5) is 0 Å². The second kappa shape index (κ2) is 7.22. The molecule has 0 aromatic carbocycles. The highest BCUT2D eigenvalue weighted by molar-refractivity contribution is 7.09. The normalized spacial score (nSPS) is 15.0. The van der Waals surface area contributed by atoms with E-state index in [0.29, 0.717) is 0 Å². The summed E-state index contributed by atoms with van der Waals surface area (Å²) in [7, 11) is 1.74. The van der Waals surface area contributed by atoms with Gasteiger partial charge in [-0.25, -0.2) is 4.98 Å². The van der Waals surface area contributed by atoms with E-state index in [1.54, 1.807) is 18.4 Å². The minimum absolute atomic E-state index is 0.0261. The summed E-state index contributed by atoms with van der Waals surface area (Å²) in [6.45, 7) is 10.4. The average Bonchev–Trinajstić information content (AvgIpc) is 2.74.